The maximum Gasteiger partial charge on any atom is 0.303 e. The summed E-state index contributed by atoms with van der Waals surface area (Å²) >= 11 is 0. The van der Waals surface area contributed by atoms with Gasteiger partial charge in [0, 0.05) is 6.42 Å². The molecule has 0 heterocycles. The normalized spacial score (nSPS) is 12.4. The van der Waals surface area contributed by atoms with Crippen LogP contribution in [0.25, 0.3) is 0 Å². The Hall–Kier alpha value is -1.38. The second-order valence-electron chi connectivity index (χ2n) is 3.21. The molecule has 1 rings (SSSR count). The molecule has 1 atom stereocenters. The predicted molar refractivity (Wildman–Crippen MR) is 51.9 cm³/mol. The van der Waals surface area contributed by atoms with E-state index in [1.807, 2.05) is 0 Å². The molecule has 0 saturated carbocycles. The average Bonchev–Trinajstić information content (AvgIpc) is 2.15. The van der Waals surface area contributed by atoms with E-state index in [0.29, 0.717) is 12.0 Å². The molecule has 0 bridgehead atoms. The Kier molecular flexibility index (Phi) is 3.63. The Morgan fingerprint density at radius 1 is 1.50 bits per heavy atom. The summed E-state index contributed by atoms with van der Waals surface area (Å²) in [5.41, 5.74) is 1.37. The van der Waals surface area contributed by atoms with Crippen LogP contribution in [0.3, 0.4) is 0 Å². The van der Waals surface area contributed by atoms with E-state index in [0.717, 1.165) is 5.56 Å². The molecule has 0 aliphatic carbocycles. The van der Waals surface area contributed by atoms with Gasteiger partial charge in [0.2, 0.25) is 0 Å². The molecule has 1 N–H and O–H groups in total. The van der Waals surface area contributed by atoms with Gasteiger partial charge in [0.05, 0.1) is 0 Å². The number of aryl methyl sites for hydroxylation is 1. The number of aliphatic carboxylic acids is 1. The van der Waals surface area contributed by atoms with Crippen molar-refractivity contribution in [3.63, 3.8) is 0 Å². The van der Waals surface area contributed by atoms with E-state index in [1.54, 1.807) is 24.3 Å². The number of halogens is 1. The predicted octanol–water partition coefficient (Wildman–Crippen LogP) is 2.73. The third kappa shape index (κ3) is 2.83. The minimum Gasteiger partial charge on any atom is -0.481 e. The highest BCUT2D eigenvalue weighted by Gasteiger charge is 2.09. The van der Waals surface area contributed by atoms with Crippen LogP contribution in [0.2, 0.25) is 0 Å². The van der Waals surface area contributed by atoms with Crippen LogP contribution in [0.4, 0.5) is 4.39 Å². The van der Waals surface area contributed by atoms with Gasteiger partial charge >= 0.3 is 5.97 Å². The summed E-state index contributed by atoms with van der Waals surface area (Å²) in [5, 5.41) is 8.51. The monoisotopic (exact) mass is 196 g/mol. The summed E-state index contributed by atoms with van der Waals surface area (Å²) < 4.78 is 13.1. The highest BCUT2D eigenvalue weighted by molar-refractivity contribution is 5.67. The van der Waals surface area contributed by atoms with E-state index in [4.69, 9.17) is 5.11 Å². The van der Waals surface area contributed by atoms with Crippen molar-refractivity contribution < 1.29 is 14.3 Å². The minimum absolute atomic E-state index is 0.0454. The molecule has 1 unspecified atom stereocenters. The molecule has 2 nitrogen and oxygen atoms in total. The van der Waals surface area contributed by atoms with E-state index in [9.17, 15) is 9.18 Å². The Morgan fingerprint density at radius 3 is 2.71 bits per heavy atom. The Balaban J connectivity index is 2.79. The summed E-state index contributed by atoms with van der Waals surface area (Å²) in [5.74, 6) is -0.855. The highest BCUT2D eigenvalue weighted by atomic mass is 19.1. The third-order valence-corrected chi connectivity index (χ3v) is 2.09. The summed E-state index contributed by atoms with van der Waals surface area (Å²) in [6.07, 6.45) is -0.608. The number of alkyl halides is 1. The molecule has 0 spiro atoms. The van der Waals surface area contributed by atoms with E-state index in [2.05, 4.69) is 0 Å². The van der Waals surface area contributed by atoms with Gasteiger partial charge in [-0.15, -0.1) is 0 Å². The number of hydrogen-bond acceptors (Lipinski definition) is 1. The molecule has 76 valence electrons. The Bertz CT molecular complexity index is 321. The van der Waals surface area contributed by atoms with Crippen molar-refractivity contribution in [3.8, 4) is 0 Å². The molecule has 0 fully saturated rings. The number of carboxylic acid groups (broad SMARTS) is 1. The first-order valence-electron chi connectivity index (χ1n) is 4.55. The zero-order chi connectivity index (χ0) is 10.6. The van der Waals surface area contributed by atoms with Gasteiger partial charge in [0.1, 0.15) is 6.17 Å². The van der Waals surface area contributed by atoms with Crippen LogP contribution >= 0.6 is 0 Å². The fraction of sp³-hybridized carbons (Fsp3) is 0.364. The van der Waals surface area contributed by atoms with Crippen molar-refractivity contribution in [1.29, 1.82) is 0 Å². The fourth-order valence-corrected chi connectivity index (χ4v) is 1.39. The average molecular weight is 196 g/mol. The Labute approximate surface area is 82.4 Å². The SMILES string of the molecule is CC(F)c1ccccc1CCC(=O)O. The van der Waals surface area contributed by atoms with E-state index >= 15 is 0 Å². The maximum absolute atomic E-state index is 13.1. The van der Waals surface area contributed by atoms with Crippen LogP contribution in [-0.4, -0.2) is 11.1 Å². The second-order valence-corrected chi connectivity index (χ2v) is 3.21. The van der Waals surface area contributed by atoms with Gasteiger partial charge < -0.3 is 5.11 Å². The van der Waals surface area contributed by atoms with Gasteiger partial charge in [0.25, 0.3) is 0 Å². The summed E-state index contributed by atoms with van der Waals surface area (Å²) in [7, 11) is 0. The van der Waals surface area contributed by atoms with Crippen LogP contribution in [0.5, 0.6) is 0 Å². The van der Waals surface area contributed by atoms with Gasteiger partial charge in [-0.2, -0.15) is 0 Å². The zero-order valence-corrected chi connectivity index (χ0v) is 8.03. The molecule has 1 aromatic carbocycles. The van der Waals surface area contributed by atoms with Crippen molar-refractivity contribution in [3.05, 3.63) is 35.4 Å². The summed E-state index contributed by atoms with van der Waals surface area (Å²) in [6.45, 7) is 1.46. The molecule has 1 aromatic rings. The molecule has 0 saturated heterocycles. The summed E-state index contributed by atoms with van der Waals surface area (Å²) in [6, 6.07) is 7.02. The van der Waals surface area contributed by atoms with Gasteiger partial charge in [-0.25, -0.2) is 4.39 Å². The molecular weight excluding hydrogens is 183 g/mol. The first-order chi connectivity index (χ1) is 6.61. The van der Waals surface area contributed by atoms with Crippen molar-refractivity contribution >= 4 is 5.97 Å². The minimum atomic E-state index is -1.04. The molecule has 3 heteroatoms. The van der Waals surface area contributed by atoms with E-state index in [1.165, 1.54) is 6.92 Å². The number of carbonyl (C=O) groups is 1. The van der Waals surface area contributed by atoms with Crippen molar-refractivity contribution in [2.75, 3.05) is 0 Å². The van der Waals surface area contributed by atoms with Crippen molar-refractivity contribution in [2.45, 2.75) is 25.9 Å². The van der Waals surface area contributed by atoms with Gasteiger partial charge in [-0.3, -0.25) is 4.79 Å². The van der Waals surface area contributed by atoms with Crippen LogP contribution in [0, 0.1) is 0 Å². The lowest BCUT2D eigenvalue weighted by Gasteiger charge is -2.08. The van der Waals surface area contributed by atoms with Gasteiger partial charge in [-0.1, -0.05) is 24.3 Å². The molecule has 14 heavy (non-hydrogen) atoms. The lowest BCUT2D eigenvalue weighted by Crippen LogP contribution is -2.01. The quantitative estimate of drug-likeness (QED) is 0.803. The lowest BCUT2D eigenvalue weighted by atomic mass is 10.0. The maximum atomic E-state index is 13.1. The number of benzene rings is 1. The van der Waals surface area contributed by atoms with Gasteiger partial charge in [0.15, 0.2) is 0 Å². The second kappa shape index (κ2) is 4.74. The topological polar surface area (TPSA) is 37.3 Å². The third-order valence-electron chi connectivity index (χ3n) is 2.09. The standard InChI is InChI=1S/C11H13FO2/c1-8(12)10-5-3-2-4-9(10)6-7-11(13)14/h2-5,8H,6-7H2,1H3,(H,13,14). The smallest absolute Gasteiger partial charge is 0.303 e. The van der Waals surface area contributed by atoms with Crippen LogP contribution < -0.4 is 0 Å². The molecule has 0 amide bonds. The Morgan fingerprint density at radius 2 is 2.14 bits per heavy atom. The summed E-state index contributed by atoms with van der Waals surface area (Å²) in [4.78, 5) is 10.4. The molecular formula is C11H13FO2. The number of hydrogen-bond donors (Lipinski definition) is 1. The van der Waals surface area contributed by atoms with Crippen molar-refractivity contribution in [2.24, 2.45) is 0 Å². The molecule has 0 aromatic heterocycles. The first-order valence-corrected chi connectivity index (χ1v) is 4.55. The van der Waals surface area contributed by atoms with E-state index < -0.39 is 12.1 Å². The van der Waals surface area contributed by atoms with Crippen LogP contribution in [0.1, 0.15) is 30.6 Å². The lowest BCUT2D eigenvalue weighted by molar-refractivity contribution is -0.136. The van der Waals surface area contributed by atoms with Gasteiger partial charge in [-0.05, 0) is 24.5 Å². The fourth-order valence-electron chi connectivity index (χ4n) is 1.39. The highest BCUT2D eigenvalue weighted by Crippen LogP contribution is 2.21. The molecule has 0 aliphatic rings. The molecule has 0 radical (unpaired) electrons. The van der Waals surface area contributed by atoms with Crippen LogP contribution in [0.15, 0.2) is 24.3 Å². The zero-order valence-electron chi connectivity index (χ0n) is 8.03. The van der Waals surface area contributed by atoms with Crippen molar-refractivity contribution in [1.82, 2.24) is 0 Å². The number of rotatable bonds is 4. The first kappa shape index (κ1) is 10.7. The number of carboxylic acids is 1. The van der Waals surface area contributed by atoms with Crippen LogP contribution in [-0.2, 0) is 11.2 Å². The molecule has 0 aliphatic heterocycles. The largest absolute Gasteiger partial charge is 0.481 e. The van der Waals surface area contributed by atoms with E-state index in [-0.39, 0.29) is 6.42 Å².